The minimum absolute atomic E-state index is 0.0748. The third-order valence-electron chi connectivity index (χ3n) is 5.30. The van der Waals surface area contributed by atoms with Gasteiger partial charge >= 0.3 is 0 Å². The summed E-state index contributed by atoms with van der Waals surface area (Å²) in [6.45, 7) is 0.513. The van der Waals surface area contributed by atoms with Crippen LogP contribution >= 0.6 is 23.2 Å². The Morgan fingerprint density at radius 1 is 1.13 bits per heavy atom. The zero-order chi connectivity index (χ0) is 22.2. The molecule has 0 saturated heterocycles. The summed E-state index contributed by atoms with van der Waals surface area (Å²) in [5.41, 5.74) is 1.85. The number of amides is 2. The van der Waals surface area contributed by atoms with Crippen molar-refractivity contribution in [3.8, 4) is 0 Å². The number of fused-ring (bicyclic) bond motifs is 1. The van der Waals surface area contributed by atoms with Crippen LogP contribution < -0.4 is 10.2 Å². The highest BCUT2D eigenvalue weighted by molar-refractivity contribution is 7.89. The Hall–Kier alpha value is -2.55. The van der Waals surface area contributed by atoms with Gasteiger partial charge in [0.25, 0.3) is 10.0 Å². The van der Waals surface area contributed by atoms with Gasteiger partial charge in [-0.3, -0.25) is 13.9 Å². The molecule has 2 aliphatic heterocycles. The Bertz CT molecular complexity index is 1180. The maximum atomic E-state index is 13.2. The predicted octanol–water partition coefficient (Wildman–Crippen LogP) is 3.32. The zero-order valence-electron chi connectivity index (χ0n) is 16.3. The zero-order valence-corrected chi connectivity index (χ0v) is 18.6. The van der Waals surface area contributed by atoms with Crippen molar-refractivity contribution in [3.63, 3.8) is 0 Å². The standard InChI is InChI=1S/C21H19Cl2N3O4S/c22-16-8-7-15(12-17(16)23)31(29,30)26-11-9-24-21(28)19(26)13-20(27)25-10-3-5-14-4-1-2-6-18(14)25/h1-2,4,6-9,11-12,19H,3,5,10,13H2,(H,24,28)/t19-/m1/s1. The predicted molar refractivity (Wildman–Crippen MR) is 118 cm³/mol. The minimum Gasteiger partial charge on any atom is -0.329 e. The molecular formula is C21H19Cl2N3O4S. The lowest BCUT2D eigenvalue weighted by Crippen LogP contribution is -2.51. The van der Waals surface area contributed by atoms with Crippen LogP contribution in [-0.4, -0.2) is 37.1 Å². The van der Waals surface area contributed by atoms with Crippen molar-refractivity contribution in [3.05, 3.63) is 70.5 Å². The molecule has 0 bridgehead atoms. The normalized spacial score (nSPS) is 18.5. The lowest BCUT2D eigenvalue weighted by atomic mass is 10.0. The molecule has 0 saturated carbocycles. The van der Waals surface area contributed by atoms with Crippen LogP contribution in [0.5, 0.6) is 0 Å². The van der Waals surface area contributed by atoms with E-state index in [1.54, 1.807) is 4.90 Å². The molecule has 0 aliphatic carbocycles. The van der Waals surface area contributed by atoms with Crippen LogP contribution in [0.15, 0.2) is 59.8 Å². The molecule has 162 valence electrons. The Kier molecular flexibility index (Phi) is 5.96. The molecule has 2 aromatic carbocycles. The molecule has 0 spiro atoms. The first kappa shape index (κ1) is 21.7. The van der Waals surface area contributed by atoms with Crippen LogP contribution in [0.1, 0.15) is 18.4 Å². The molecule has 0 unspecified atom stereocenters. The summed E-state index contributed by atoms with van der Waals surface area (Å²) in [5, 5.41) is 2.78. The highest BCUT2D eigenvalue weighted by atomic mass is 35.5. The molecule has 1 N–H and O–H groups in total. The van der Waals surface area contributed by atoms with Crippen LogP contribution in [0, 0.1) is 0 Å². The fourth-order valence-corrected chi connectivity index (χ4v) is 5.61. The van der Waals surface area contributed by atoms with Gasteiger partial charge in [-0.05, 0) is 42.7 Å². The van der Waals surface area contributed by atoms with Gasteiger partial charge in [-0.1, -0.05) is 41.4 Å². The highest BCUT2D eigenvalue weighted by Gasteiger charge is 2.38. The molecule has 0 fully saturated rings. The van der Waals surface area contributed by atoms with Crippen molar-refractivity contribution in [2.75, 3.05) is 11.4 Å². The molecule has 1 atom stereocenters. The van der Waals surface area contributed by atoms with Crippen molar-refractivity contribution >= 4 is 50.7 Å². The highest BCUT2D eigenvalue weighted by Crippen LogP contribution is 2.31. The van der Waals surface area contributed by atoms with E-state index in [1.165, 1.54) is 30.6 Å². The molecule has 2 aliphatic rings. The number of nitrogens with zero attached hydrogens (tertiary/aromatic N) is 2. The topological polar surface area (TPSA) is 86.8 Å². The molecular weight excluding hydrogens is 461 g/mol. The Labute approximate surface area is 190 Å². The van der Waals surface area contributed by atoms with Crippen LogP contribution in [0.4, 0.5) is 5.69 Å². The van der Waals surface area contributed by atoms with Crippen LogP contribution in [-0.2, 0) is 26.0 Å². The second kappa shape index (κ2) is 8.53. The first-order valence-electron chi connectivity index (χ1n) is 9.63. The number of halogens is 2. The van der Waals surface area contributed by atoms with Gasteiger partial charge in [-0.15, -0.1) is 0 Å². The van der Waals surface area contributed by atoms with E-state index in [4.69, 9.17) is 23.2 Å². The lowest BCUT2D eigenvalue weighted by molar-refractivity contribution is -0.128. The van der Waals surface area contributed by atoms with E-state index in [9.17, 15) is 18.0 Å². The molecule has 7 nitrogen and oxygen atoms in total. The van der Waals surface area contributed by atoms with E-state index >= 15 is 0 Å². The van der Waals surface area contributed by atoms with Crippen LogP contribution in [0.25, 0.3) is 0 Å². The number of anilines is 1. The van der Waals surface area contributed by atoms with Gasteiger partial charge in [-0.25, -0.2) is 8.42 Å². The minimum atomic E-state index is -4.15. The molecule has 2 amide bonds. The molecule has 31 heavy (non-hydrogen) atoms. The first-order chi connectivity index (χ1) is 14.8. The molecule has 2 aromatic rings. The number of para-hydroxylation sites is 1. The number of carbonyl (C=O) groups is 2. The fraction of sp³-hybridized carbons (Fsp3) is 0.238. The van der Waals surface area contributed by atoms with Gasteiger partial charge in [0.2, 0.25) is 11.8 Å². The maximum absolute atomic E-state index is 13.2. The number of carbonyl (C=O) groups excluding carboxylic acids is 2. The quantitative estimate of drug-likeness (QED) is 0.728. The van der Waals surface area contributed by atoms with Gasteiger partial charge in [-0.2, -0.15) is 0 Å². The van der Waals surface area contributed by atoms with Gasteiger partial charge in [0.1, 0.15) is 6.04 Å². The van der Waals surface area contributed by atoms with Crippen molar-refractivity contribution in [1.29, 1.82) is 0 Å². The summed E-state index contributed by atoms with van der Waals surface area (Å²) in [7, 11) is -4.15. The van der Waals surface area contributed by atoms with Crippen molar-refractivity contribution in [2.24, 2.45) is 0 Å². The van der Waals surface area contributed by atoms with Crippen molar-refractivity contribution in [1.82, 2.24) is 9.62 Å². The average molecular weight is 480 g/mol. The van der Waals surface area contributed by atoms with E-state index in [-0.39, 0.29) is 27.3 Å². The van der Waals surface area contributed by atoms with Gasteiger partial charge in [0, 0.05) is 24.6 Å². The fourth-order valence-electron chi connectivity index (χ4n) is 3.77. The Balaban J connectivity index is 1.64. The second-order valence-corrected chi connectivity index (χ2v) is 9.89. The van der Waals surface area contributed by atoms with Crippen molar-refractivity contribution in [2.45, 2.75) is 30.2 Å². The number of nitrogens with one attached hydrogen (secondary N) is 1. The first-order valence-corrected chi connectivity index (χ1v) is 11.8. The molecule has 2 heterocycles. The monoisotopic (exact) mass is 479 g/mol. The third kappa shape index (κ3) is 4.15. The second-order valence-electron chi connectivity index (χ2n) is 7.23. The maximum Gasteiger partial charge on any atom is 0.264 e. The molecule has 10 heteroatoms. The largest absolute Gasteiger partial charge is 0.329 e. The van der Waals surface area contributed by atoms with E-state index in [1.807, 2.05) is 24.3 Å². The molecule has 0 radical (unpaired) electrons. The number of sulfonamides is 1. The van der Waals surface area contributed by atoms with Crippen LogP contribution in [0.3, 0.4) is 0 Å². The summed E-state index contributed by atoms with van der Waals surface area (Å²) >= 11 is 11.9. The number of rotatable bonds is 4. The Morgan fingerprint density at radius 2 is 1.90 bits per heavy atom. The van der Waals surface area contributed by atoms with E-state index in [0.717, 1.165) is 28.4 Å². The van der Waals surface area contributed by atoms with Gasteiger partial charge in [0.05, 0.1) is 21.4 Å². The van der Waals surface area contributed by atoms with Crippen LogP contribution in [0.2, 0.25) is 10.0 Å². The number of benzene rings is 2. The summed E-state index contributed by atoms with van der Waals surface area (Å²) in [5.74, 6) is -0.901. The smallest absolute Gasteiger partial charge is 0.264 e. The number of aryl methyl sites for hydroxylation is 1. The van der Waals surface area contributed by atoms with Gasteiger partial charge < -0.3 is 10.2 Å². The summed E-state index contributed by atoms with van der Waals surface area (Å²) in [6, 6.07) is 10.3. The summed E-state index contributed by atoms with van der Waals surface area (Å²) in [4.78, 5) is 27.2. The van der Waals surface area contributed by atoms with E-state index in [0.29, 0.717) is 6.54 Å². The Morgan fingerprint density at radius 3 is 2.68 bits per heavy atom. The molecule has 0 aromatic heterocycles. The third-order valence-corrected chi connectivity index (χ3v) is 7.82. The van der Waals surface area contributed by atoms with Gasteiger partial charge in [0.15, 0.2) is 0 Å². The average Bonchev–Trinajstić information content (AvgIpc) is 2.76. The SMILES string of the molecule is O=C1NC=CN(S(=O)(=O)c2ccc(Cl)c(Cl)c2)[C@@H]1CC(=O)N1CCCc2ccccc21. The van der Waals surface area contributed by atoms with E-state index in [2.05, 4.69) is 5.32 Å². The molecule has 4 rings (SSSR count). The lowest BCUT2D eigenvalue weighted by Gasteiger charge is -2.34. The summed E-state index contributed by atoms with van der Waals surface area (Å²) in [6.07, 6.45) is 3.83. The van der Waals surface area contributed by atoms with Crippen molar-refractivity contribution < 1.29 is 18.0 Å². The summed E-state index contributed by atoms with van der Waals surface area (Å²) < 4.78 is 27.4. The van der Waals surface area contributed by atoms with E-state index < -0.39 is 22.0 Å². The number of hydrogen-bond donors (Lipinski definition) is 1. The number of hydrogen-bond acceptors (Lipinski definition) is 4.